The third-order valence-electron chi connectivity index (χ3n) is 4.07. The number of ether oxygens (including phenoxy) is 1. The van der Waals surface area contributed by atoms with Crippen molar-refractivity contribution in [1.82, 2.24) is 5.32 Å². The van der Waals surface area contributed by atoms with Gasteiger partial charge in [-0.15, -0.1) is 0 Å². The van der Waals surface area contributed by atoms with Crippen LogP contribution >= 0.6 is 0 Å². The lowest BCUT2D eigenvalue weighted by atomic mass is 10.0. The Morgan fingerprint density at radius 1 is 1.29 bits per heavy atom. The molecule has 2 rings (SSSR count). The van der Waals surface area contributed by atoms with Crippen LogP contribution in [-0.2, 0) is 0 Å². The molecular formula is C17H25NO3. The van der Waals surface area contributed by atoms with Crippen molar-refractivity contribution in [2.45, 2.75) is 38.5 Å². The Morgan fingerprint density at radius 2 is 2.10 bits per heavy atom. The number of benzene rings is 1. The Hall–Kier alpha value is -1.55. The molecule has 0 aromatic heterocycles. The smallest absolute Gasteiger partial charge is 0.335 e. The highest BCUT2D eigenvalue weighted by molar-refractivity contribution is 5.87. The summed E-state index contributed by atoms with van der Waals surface area (Å²) in [4.78, 5) is 10.8. The standard InChI is InChI=1S/C17H25NO3/c19-17(20)15-8-3-9-16(13-15)21-12-11-18-10-4-7-14-5-1-2-6-14/h3,8-9,13-14,18H,1-2,4-7,10-12H2,(H,19,20). The molecule has 1 aliphatic rings. The van der Waals surface area contributed by atoms with E-state index in [-0.39, 0.29) is 5.56 Å². The van der Waals surface area contributed by atoms with Crippen LogP contribution in [-0.4, -0.2) is 30.8 Å². The van der Waals surface area contributed by atoms with Crippen LogP contribution in [0.3, 0.4) is 0 Å². The van der Waals surface area contributed by atoms with Crippen molar-refractivity contribution in [3.8, 4) is 5.75 Å². The molecule has 0 bridgehead atoms. The molecule has 0 unspecified atom stereocenters. The Labute approximate surface area is 126 Å². The van der Waals surface area contributed by atoms with E-state index in [1.54, 1.807) is 24.3 Å². The number of rotatable bonds is 9. The van der Waals surface area contributed by atoms with E-state index in [0.717, 1.165) is 19.0 Å². The number of carboxylic acid groups (broad SMARTS) is 1. The monoisotopic (exact) mass is 291 g/mol. The first-order valence-electron chi connectivity index (χ1n) is 7.92. The molecule has 0 saturated heterocycles. The number of aromatic carboxylic acids is 1. The van der Waals surface area contributed by atoms with E-state index in [0.29, 0.717) is 12.4 Å². The topological polar surface area (TPSA) is 58.6 Å². The Balaban J connectivity index is 1.53. The lowest BCUT2D eigenvalue weighted by Gasteiger charge is -2.10. The third-order valence-corrected chi connectivity index (χ3v) is 4.07. The average molecular weight is 291 g/mol. The van der Waals surface area contributed by atoms with Crippen molar-refractivity contribution in [2.24, 2.45) is 5.92 Å². The van der Waals surface area contributed by atoms with E-state index in [4.69, 9.17) is 9.84 Å². The molecule has 21 heavy (non-hydrogen) atoms. The van der Waals surface area contributed by atoms with Crippen LogP contribution in [0.25, 0.3) is 0 Å². The number of carboxylic acids is 1. The average Bonchev–Trinajstić information content (AvgIpc) is 3.00. The van der Waals surface area contributed by atoms with Gasteiger partial charge in [0, 0.05) is 6.54 Å². The maximum Gasteiger partial charge on any atom is 0.335 e. The largest absolute Gasteiger partial charge is 0.492 e. The van der Waals surface area contributed by atoms with Gasteiger partial charge < -0.3 is 15.2 Å². The molecule has 1 saturated carbocycles. The zero-order valence-corrected chi connectivity index (χ0v) is 12.5. The minimum Gasteiger partial charge on any atom is -0.492 e. The third kappa shape index (κ3) is 5.76. The molecule has 1 fully saturated rings. The highest BCUT2D eigenvalue weighted by atomic mass is 16.5. The Kier molecular flexibility index (Phi) is 6.54. The molecule has 0 spiro atoms. The molecule has 4 heteroatoms. The van der Waals surface area contributed by atoms with Crippen molar-refractivity contribution in [1.29, 1.82) is 0 Å². The van der Waals surface area contributed by atoms with Crippen LogP contribution in [0.5, 0.6) is 5.75 Å². The van der Waals surface area contributed by atoms with Gasteiger partial charge in [-0.05, 0) is 43.5 Å². The van der Waals surface area contributed by atoms with E-state index >= 15 is 0 Å². The van der Waals surface area contributed by atoms with Crippen molar-refractivity contribution in [3.05, 3.63) is 29.8 Å². The van der Waals surface area contributed by atoms with E-state index in [1.165, 1.54) is 38.5 Å². The van der Waals surface area contributed by atoms with Gasteiger partial charge in [0.15, 0.2) is 0 Å². The second-order valence-electron chi connectivity index (χ2n) is 5.72. The Morgan fingerprint density at radius 3 is 2.86 bits per heavy atom. The molecule has 116 valence electrons. The fourth-order valence-electron chi connectivity index (χ4n) is 2.90. The van der Waals surface area contributed by atoms with Crippen LogP contribution in [0, 0.1) is 5.92 Å². The summed E-state index contributed by atoms with van der Waals surface area (Å²) >= 11 is 0. The van der Waals surface area contributed by atoms with Gasteiger partial charge in [-0.25, -0.2) is 4.79 Å². The molecule has 4 nitrogen and oxygen atoms in total. The van der Waals surface area contributed by atoms with Gasteiger partial charge in [-0.2, -0.15) is 0 Å². The number of hydrogen-bond donors (Lipinski definition) is 2. The molecule has 1 aromatic carbocycles. The van der Waals surface area contributed by atoms with Gasteiger partial charge in [0.25, 0.3) is 0 Å². The first-order valence-corrected chi connectivity index (χ1v) is 7.92. The fourth-order valence-corrected chi connectivity index (χ4v) is 2.90. The first-order chi connectivity index (χ1) is 10.3. The molecule has 1 aliphatic carbocycles. The van der Waals surface area contributed by atoms with E-state index in [2.05, 4.69) is 5.32 Å². The summed E-state index contributed by atoms with van der Waals surface area (Å²) in [5, 5.41) is 12.3. The van der Waals surface area contributed by atoms with Crippen LogP contribution < -0.4 is 10.1 Å². The second-order valence-corrected chi connectivity index (χ2v) is 5.72. The van der Waals surface area contributed by atoms with Gasteiger partial charge in [0.2, 0.25) is 0 Å². The lowest BCUT2D eigenvalue weighted by molar-refractivity contribution is 0.0696. The number of carbonyl (C=O) groups is 1. The highest BCUT2D eigenvalue weighted by Crippen LogP contribution is 2.28. The number of nitrogens with one attached hydrogen (secondary N) is 1. The SMILES string of the molecule is O=C(O)c1cccc(OCCNCCCC2CCCC2)c1. The molecule has 0 heterocycles. The Bertz CT molecular complexity index is 441. The van der Waals surface area contributed by atoms with Gasteiger partial charge in [-0.1, -0.05) is 31.7 Å². The molecule has 2 N–H and O–H groups in total. The first kappa shape index (κ1) is 15.8. The molecule has 0 amide bonds. The molecular weight excluding hydrogens is 266 g/mol. The summed E-state index contributed by atoms with van der Waals surface area (Å²) < 4.78 is 5.55. The van der Waals surface area contributed by atoms with Crippen molar-refractivity contribution < 1.29 is 14.6 Å². The van der Waals surface area contributed by atoms with E-state index in [9.17, 15) is 4.79 Å². The molecule has 0 atom stereocenters. The zero-order valence-electron chi connectivity index (χ0n) is 12.5. The van der Waals surface area contributed by atoms with Crippen molar-refractivity contribution >= 4 is 5.97 Å². The van der Waals surface area contributed by atoms with Crippen LogP contribution in [0.4, 0.5) is 0 Å². The normalized spacial score (nSPS) is 15.2. The molecule has 0 radical (unpaired) electrons. The maximum atomic E-state index is 10.8. The van der Waals surface area contributed by atoms with Gasteiger partial charge in [0.05, 0.1) is 5.56 Å². The van der Waals surface area contributed by atoms with Crippen LogP contribution in [0.2, 0.25) is 0 Å². The summed E-state index contributed by atoms with van der Waals surface area (Å²) in [6.07, 6.45) is 8.25. The molecule has 0 aliphatic heterocycles. The fraction of sp³-hybridized carbons (Fsp3) is 0.588. The maximum absolute atomic E-state index is 10.8. The predicted molar refractivity (Wildman–Crippen MR) is 83.0 cm³/mol. The summed E-state index contributed by atoms with van der Waals surface area (Å²) in [5.74, 6) is 0.648. The summed E-state index contributed by atoms with van der Waals surface area (Å²) in [7, 11) is 0. The van der Waals surface area contributed by atoms with Crippen molar-refractivity contribution in [2.75, 3.05) is 19.7 Å². The van der Waals surface area contributed by atoms with E-state index < -0.39 is 5.97 Å². The minimum absolute atomic E-state index is 0.261. The molecule has 1 aromatic rings. The summed E-state index contributed by atoms with van der Waals surface area (Å²) in [5.41, 5.74) is 0.261. The second kappa shape index (κ2) is 8.67. The number of hydrogen-bond acceptors (Lipinski definition) is 3. The summed E-state index contributed by atoms with van der Waals surface area (Å²) in [6.45, 7) is 2.39. The van der Waals surface area contributed by atoms with Crippen LogP contribution in [0.15, 0.2) is 24.3 Å². The van der Waals surface area contributed by atoms with Crippen molar-refractivity contribution in [3.63, 3.8) is 0 Å². The predicted octanol–water partition coefficient (Wildman–Crippen LogP) is 3.32. The quantitative estimate of drug-likeness (QED) is 0.685. The summed E-state index contributed by atoms with van der Waals surface area (Å²) in [6, 6.07) is 6.61. The zero-order chi connectivity index (χ0) is 14.9. The van der Waals surface area contributed by atoms with Gasteiger partial charge >= 0.3 is 5.97 Å². The van der Waals surface area contributed by atoms with Gasteiger partial charge in [0.1, 0.15) is 12.4 Å². The highest BCUT2D eigenvalue weighted by Gasteiger charge is 2.13. The lowest BCUT2D eigenvalue weighted by Crippen LogP contribution is -2.22. The minimum atomic E-state index is -0.925. The van der Waals surface area contributed by atoms with Crippen LogP contribution in [0.1, 0.15) is 48.9 Å². The van der Waals surface area contributed by atoms with E-state index in [1.807, 2.05) is 0 Å². The van der Waals surface area contributed by atoms with Gasteiger partial charge in [-0.3, -0.25) is 0 Å².